The van der Waals surface area contributed by atoms with E-state index in [1.807, 2.05) is 0 Å². The summed E-state index contributed by atoms with van der Waals surface area (Å²) in [5.74, 6) is 0. The van der Waals surface area contributed by atoms with E-state index in [-0.39, 0.29) is 0 Å². The standard InChI is InChI=1S/C15H22BrN3/c16-13-4-5-15(12(9-13)10-17)19-8-2-7-18-6-1-3-14(18)11-19/h4-5,9,14H,1-3,6-8,10-11,17H2. The van der Waals surface area contributed by atoms with E-state index in [1.165, 1.54) is 43.6 Å². The molecule has 0 aliphatic carbocycles. The van der Waals surface area contributed by atoms with Gasteiger partial charge in [0.05, 0.1) is 0 Å². The quantitative estimate of drug-likeness (QED) is 0.908. The maximum absolute atomic E-state index is 5.91. The predicted octanol–water partition coefficient (Wildman–Crippen LogP) is 2.58. The Kier molecular flexibility index (Phi) is 4.10. The molecule has 2 heterocycles. The minimum Gasteiger partial charge on any atom is -0.370 e. The Balaban J connectivity index is 1.84. The first-order valence-electron chi connectivity index (χ1n) is 7.25. The topological polar surface area (TPSA) is 32.5 Å². The van der Waals surface area contributed by atoms with E-state index in [9.17, 15) is 0 Å². The molecule has 1 unspecified atom stereocenters. The highest BCUT2D eigenvalue weighted by Gasteiger charge is 2.29. The maximum atomic E-state index is 5.91. The van der Waals surface area contributed by atoms with Crippen LogP contribution >= 0.6 is 15.9 Å². The number of anilines is 1. The van der Waals surface area contributed by atoms with Gasteiger partial charge in [0.15, 0.2) is 0 Å². The lowest BCUT2D eigenvalue weighted by Gasteiger charge is -2.29. The van der Waals surface area contributed by atoms with E-state index in [0.29, 0.717) is 6.54 Å². The Morgan fingerprint density at radius 2 is 2.05 bits per heavy atom. The van der Waals surface area contributed by atoms with Gasteiger partial charge in [0.1, 0.15) is 0 Å². The molecular weight excluding hydrogens is 302 g/mol. The largest absolute Gasteiger partial charge is 0.370 e. The van der Waals surface area contributed by atoms with Crippen LogP contribution in [-0.2, 0) is 6.54 Å². The van der Waals surface area contributed by atoms with Gasteiger partial charge in [0.2, 0.25) is 0 Å². The first kappa shape index (κ1) is 13.4. The summed E-state index contributed by atoms with van der Waals surface area (Å²) >= 11 is 3.54. The minimum absolute atomic E-state index is 0.611. The molecule has 2 saturated heterocycles. The Labute approximate surface area is 123 Å². The summed E-state index contributed by atoms with van der Waals surface area (Å²) in [6.07, 6.45) is 3.98. The number of benzene rings is 1. The van der Waals surface area contributed by atoms with Crippen LogP contribution in [0.5, 0.6) is 0 Å². The van der Waals surface area contributed by atoms with E-state index in [0.717, 1.165) is 23.6 Å². The zero-order valence-electron chi connectivity index (χ0n) is 11.3. The zero-order valence-corrected chi connectivity index (χ0v) is 12.9. The van der Waals surface area contributed by atoms with Gasteiger partial charge in [-0.15, -0.1) is 0 Å². The molecule has 0 saturated carbocycles. The van der Waals surface area contributed by atoms with E-state index in [1.54, 1.807) is 0 Å². The Bertz CT molecular complexity index is 449. The summed E-state index contributed by atoms with van der Waals surface area (Å²) in [4.78, 5) is 5.21. The van der Waals surface area contributed by atoms with Gasteiger partial charge < -0.3 is 10.6 Å². The molecule has 0 aromatic heterocycles. The van der Waals surface area contributed by atoms with Crippen LogP contribution in [0.4, 0.5) is 5.69 Å². The third-order valence-corrected chi connectivity index (χ3v) is 4.90. The lowest BCUT2D eigenvalue weighted by atomic mass is 10.1. The van der Waals surface area contributed by atoms with Crippen LogP contribution in [0.15, 0.2) is 22.7 Å². The Morgan fingerprint density at radius 1 is 1.21 bits per heavy atom. The van der Waals surface area contributed by atoms with Crippen LogP contribution in [-0.4, -0.2) is 37.1 Å². The summed E-state index contributed by atoms with van der Waals surface area (Å²) in [5.41, 5.74) is 8.50. The fraction of sp³-hybridized carbons (Fsp3) is 0.600. The van der Waals surface area contributed by atoms with Crippen LogP contribution < -0.4 is 10.6 Å². The average Bonchev–Trinajstić information content (AvgIpc) is 2.76. The van der Waals surface area contributed by atoms with Crippen LogP contribution in [0.1, 0.15) is 24.8 Å². The van der Waals surface area contributed by atoms with Gasteiger partial charge in [-0.25, -0.2) is 0 Å². The molecule has 19 heavy (non-hydrogen) atoms. The predicted molar refractivity (Wildman–Crippen MR) is 83.5 cm³/mol. The van der Waals surface area contributed by atoms with Crippen molar-refractivity contribution < 1.29 is 0 Å². The monoisotopic (exact) mass is 323 g/mol. The molecule has 0 radical (unpaired) electrons. The molecule has 1 aromatic rings. The van der Waals surface area contributed by atoms with Crippen molar-refractivity contribution in [3.8, 4) is 0 Å². The summed E-state index contributed by atoms with van der Waals surface area (Å²) in [7, 11) is 0. The van der Waals surface area contributed by atoms with E-state index < -0.39 is 0 Å². The summed E-state index contributed by atoms with van der Waals surface area (Å²) in [6.45, 7) is 5.48. The van der Waals surface area contributed by atoms with Gasteiger partial charge in [-0.1, -0.05) is 15.9 Å². The maximum Gasteiger partial charge on any atom is 0.0413 e. The number of nitrogens with zero attached hydrogens (tertiary/aromatic N) is 2. The number of nitrogens with two attached hydrogens (primary N) is 1. The van der Waals surface area contributed by atoms with Gasteiger partial charge >= 0.3 is 0 Å². The van der Waals surface area contributed by atoms with Crippen LogP contribution in [0, 0.1) is 0 Å². The number of hydrogen-bond acceptors (Lipinski definition) is 3. The Morgan fingerprint density at radius 3 is 2.89 bits per heavy atom. The van der Waals surface area contributed by atoms with E-state index in [2.05, 4.69) is 43.9 Å². The first-order valence-corrected chi connectivity index (χ1v) is 8.05. The Hall–Kier alpha value is -0.580. The van der Waals surface area contributed by atoms with Crippen molar-refractivity contribution in [2.24, 2.45) is 5.73 Å². The molecule has 2 aliphatic rings. The molecule has 1 aromatic carbocycles. The van der Waals surface area contributed by atoms with Crippen LogP contribution in [0.3, 0.4) is 0 Å². The number of hydrogen-bond donors (Lipinski definition) is 1. The molecule has 1 atom stereocenters. The molecule has 4 heteroatoms. The third kappa shape index (κ3) is 2.81. The van der Waals surface area contributed by atoms with Crippen molar-refractivity contribution >= 4 is 21.6 Å². The highest BCUT2D eigenvalue weighted by atomic mass is 79.9. The third-order valence-electron chi connectivity index (χ3n) is 4.41. The smallest absolute Gasteiger partial charge is 0.0413 e. The second kappa shape index (κ2) is 5.81. The van der Waals surface area contributed by atoms with Crippen molar-refractivity contribution in [1.29, 1.82) is 0 Å². The lowest BCUT2D eigenvalue weighted by molar-refractivity contribution is 0.273. The molecule has 104 valence electrons. The first-order chi connectivity index (χ1) is 9.28. The fourth-order valence-electron chi connectivity index (χ4n) is 3.45. The zero-order chi connectivity index (χ0) is 13.2. The van der Waals surface area contributed by atoms with Gasteiger partial charge in [-0.05, 0) is 49.6 Å². The van der Waals surface area contributed by atoms with Gasteiger partial charge in [-0.3, -0.25) is 4.90 Å². The van der Waals surface area contributed by atoms with Gasteiger partial charge in [-0.2, -0.15) is 0 Å². The second-order valence-electron chi connectivity index (χ2n) is 5.61. The fourth-order valence-corrected chi connectivity index (χ4v) is 3.86. The summed E-state index contributed by atoms with van der Waals surface area (Å²) in [5, 5.41) is 0. The van der Waals surface area contributed by atoms with Crippen LogP contribution in [0.25, 0.3) is 0 Å². The summed E-state index contributed by atoms with van der Waals surface area (Å²) < 4.78 is 1.12. The minimum atomic E-state index is 0.611. The average molecular weight is 324 g/mol. The van der Waals surface area contributed by atoms with Crippen molar-refractivity contribution in [1.82, 2.24) is 4.90 Å². The molecule has 0 bridgehead atoms. The molecule has 0 amide bonds. The molecule has 3 nitrogen and oxygen atoms in total. The van der Waals surface area contributed by atoms with Crippen molar-refractivity contribution in [3.05, 3.63) is 28.2 Å². The highest BCUT2D eigenvalue weighted by Crippen LogP contribution is 2.29. The SMILES string of the molecule is NCc1cc(Br)ccc1N1CCCN2CCCC2C1. The molecule has 2 N–H and O–H groups in total. The molecule has 0 spiro atoms. The number of rotatable bonds is 2. The van der Waals surface area contributed by atoms with Crippen molar-refractivity contribution in [3.63, 3.8) is 0 Å². The van der Waals surface area contributed by atoms with Crippen molar-refractivity contribution in [2.45, 2.75) is 31.8 Å². The van der Waals surface area contributed by atoms with E-state index in [4.69, 9.17) is 5.73 Å². The second-order valence-corrected chi connectivity index (χ2v) is 6.52. The van der Waals surface area contributed by atoms with Gasteiger partial charge in [0.25, 0.3) is 0 Å². The molecular formula is C15H22BrN3. The van der Waals surface area contributed by atoms with E-state index >= 15 is 0 Å². The molecule has 2 fully saturated rings. The summed E-state index contributed by atoms with van der Waals surface area (Å²) in [6, 6.07) is 7.26. The van der Waals surface area contributed by atoms with Crippen molar-refractivity contribution in [2.75, 3.05) is 31.1 Å². The van der Waals surface area contributed by atoms with Gasteiger partial charge in [0, 0.05) is 42.4 Å². The number of fused-ring (bicyclic) bond motifs is 1. The molecule has 2 aliphatic heterocycles. The molecule has 3 rings (SSSR count). The van der Waals surface area contributed by atoms with Crippen LogP contribution in [0.2, 0.25) is 0 Å². The lowest BCUT2D eigenvalue weighted by Crippen LogP contribution is -2.37. The highest BCUT2D eigenvalue weighted by molar-refractivity contribution is 9.10. The number of halogens is 1. The normalized spacial score (nSPS) is 24.3.